The smallest absolute Gasteiger partial charge is 0.228 e. The fraction of sp³-hybridized carbons (Fsp3) is 0.273. The number of fused-ring (bicyclic) bond motifs is 2. The molecular formula is C22H22N4O4. The lowest BCUT2D eigenvalue weighted by Gasteiger charge is -2.27. The summed E-state index contributed by atoms with van der Waals surface area (Å²) in [6.07, 6.45) is 0.576. The van der Waals surface area contributed by atoms with E-state index in [1.54, 1.807) is 34.1 Å². The normalized spacial score (nSPS) is 13.9. The summed E-state index contributed by atoms with van der Waals surface area (Å²) in [4.78, 5) is 51.0. The summed E-state index contributed by atoms with van der Waals surface area (Å²) in [6, 6.07) is 10.8. The molecule has 8 heteroatoms. The Morgan fingerprint density at radius 2 is 1.17 bits per heavy atom. The Bertz CT molecular complexity index is 993. The van der Waals surface area contributed by atoms with Crippen LogP contribution >= 0.6 is 0 Å². The average Bonchev–Trinajstić information content (AvgIpc) is 3.23. The zero-order chi connectivity index (χ0) is 21.4. The van der Waals surface area contributed by atoms with Crippen molar-refractivity contribution >= 4 is 46.4 Å². The number of carbonyl (C=O) groups excluding carboxylic acids is 4. The second-order valence-electron chi connectivity index (χ2n) is 7.47. The van der Waals surface area contributed by atoms with E-state index < -0.39 is 0 Å². The van der Waals surface area contributed by atoms with Crippen molar-refractivity contribution in [3.05, 3.63) is 47.5 Å². The quantitative estimate of drug-likeness (QED) is 0.794. The van der Waals surface area contributed by atoms with Gasteiger partial charge in [0.2, 0.25) is 23.6 Å². The fourth-order valence-electron chi connectivity index (χ4n) is 3.90. The van der Waals surface area contributed by atoms with Crippen LogP contribution in [0.4, 0.5) is 22.7 Å². The van der Waals surface area contributed by atoms with Crippen LogP contribution in [0.1, 0.15) is 25.0 Å². The molecule has 4 rings (SSSR count). The number of rotatable bonds is 5. The molecule has 2 aliphatic rings. The zero-order valence-corrected chi connectivity index (χ0v) is 16.8. The third kappa shape index (κ3) is 3.76. The number of anilines is 4. The van der Waals surface area contributed by atoms with Crippen LogP contribution in [0.15, 0.2) is 36.4 Å². The van der Waals surface area contributed by atoms with E-state index in [1.165, 1.54) is 13.8 Å². The molecule has 2 aromatic rings. The van der Waals surface area contributed by atoms with E-state index in [0.29, 0.717) is 24.5 Å². The Morgan fingerprint density at radius 1 is 0.767 bits per heavy atom. The van der Waals surface area contributed by atoms with Gasteiger partial charge >= 0.3 is 0 Å². The number of hydrogen-bond acceptors (Lipinski definition) is 4. The van der Waals surface area contributed by atoms with Crippen LogP contribution in [0.2, 0.25) is 0 Å². The van der Waals surface area contributed by atoms with Gasteiger partial charge in [-0.15, -0.1) is 0 Å². The highest BCUT2D eigenvalue weighted by molar-refractivity contribution is 6.01. The van der Waals surface area contributed by atoms with Crippen molar-refractivity contribution in [1.82, 2.24) is 0 Å². The van der Waals surface area contributed by atoms with Gasteiger partial charge in [0, 0.05) is 49.7 Å². The number of hydrogen-bond donors (Lipinski definition) is 2. The van der Waals surface area contributed by atoms with Crippen LogP contribution in [-0.4, -0.2) is 36.7 Å². The number of nitrogens with zero attached hydrogens (tertiary/aromatic N) is 2. The Hall–Kier alpha value is -3.68. The number of benzene rings is 2. The van der Waals surface area contributed by atoms with Gasteiger partial charge in [0.05, 0.1) is 12.8 Å². The van der Waals surface area contributed by atoms with Gasteiger partial charge in [-0.05, 0) is 47.5 Å². The van der Waals surface area contributed by atoms with E-state index in [0.717, 1.165) is 22.5 Å². The summed E-state index contributed by atoms with van der Waals surface area (Å²) in [5.41, 5.74) is 4.60. The zero-order valence-electron chi connectivity index (χ0n) is 16.8. The highest BCUT2D eigenvalue weighted by Gasteiger charge is 2.23. The fourth-order valence-corrected chi connectivity index (χ4v) is 3.90. The second kappa shape index (κ2) is 7.62. The van der Waals surface area contributed by atoms with Crippen molar-refractivity contribution in [3.63, 3.8) is 0 Å². The largest absolute Gasteiger partial charge is 0.326 e. The Balaban J connectivity index is 1.54. The molecule has 0 bridgehead atoms. The van der Waals surface area contributed by atoms with Crippen molar-refractivity contribution in [1.29, 1.82) is 0 Å². The SMILES string of the molecule is CC(=O)N(CCN(C(C)=O)c1ccc2c(c1)CC(=O)N2)c1ccc2c(c1)CC(=O)N2. The van der Waals surface area contributed by atoms with E-state index in [9.17, 15) is 19.2 Å². The van der Waals surface area contributed by atoms with Gasteiger partial charge < -0.3 is 20.4 Å². The maximum absolute atomic E-state index is 12.3. The molecule has 2 N–H and O–H groups in total. The molecule has 0 aliphatic carbocycles. The van der Waals surface area contributed by atoms with Crippen molar-refractivity contribution in [3.8, 4) is 0 Å². The molecule has 0 spiro atoms. The van der Waals surface area contributed by atoms with Crippen LogP contribution in [0, 0.1) is 0 Å². The number of amides is 4. The molecule has 2 heterocycles. The minimum absolute atomic E-state index is 0.0659. The molecule has 30 heavy (non-hydrogen) atoms. The third-order valence-corrected chi connectivity index (χ3v) is 5.36. The Kier molecular flexibility index (Phi) is 4.99. The number of carbonyl (C=O) groups is 4. The first kappa shape index (κ1) is 19.6. The van der Waals surface area contributed by atoms with Gasteiger partial charge in [-0.2, -0.15) is 0 Å². The lowest BCUT2D eigenvalue weighted by Crippen LogP contribution is -2.39. The summed E-state index contributed by atoms with van der Waals surface area (Å²) in [7, 11) is 0. The summed E-state index contributed by atoms with van der Waals surface area (Å²) in [5.74, 6) is -0.438. The van der Waals surface area contributed by atoms with E-state index in [1.807, 2.05) is 12.1 Å². The molecule has 0 saturated carbocycles. The third-order valence-electron chi connectivity index (χ3n) is 5.36. The highest BCUT2D eigenvalue weighted by atomic mass is 16.2. The molecule has 0 atom stereocenters. The van der Waals surface area contributed by atoms with Crippen molar-refractivity contribution in [2.45, 2.75) is 26.7 Å². The Labute approximate surface area is 173 Å². The lowest BCUT2D eigenvalue weighted by atomic mass is 10.1. The summed E-state index contributed by atoms with van der Waals surface area (Å²) < 4.78 is 0. The van der Waals surface area contributed by atoms with E-state index in [-0.39, 0.29) is 36.5 Å². The summed E-state index contributed by atoms with van der Waals surface area (Å²) in [6.45, 7) is 3.54. The molecule has 8 nitrogen and oxygen atoms in total. The molecule has 2 aromatic carbocycles. The van der Waals surface area contributed by atoms with Crippen LogP contribution in [-0.2, 0) is 32.0 Å². The van der Waals surface area contributed by atoms with E-state index >= 15 is 0 Å². The molecule has 0 aromatic heterocycles. The van der Waals surface area contributed by atoms with Gasteiger partial charge in [0.15, 0.2) is 0 Å². The first-order valence-electron chi connectivity index (χ1n) is 9.73. The van der Waals surface area contributed by atoms with Gasteiger partial charge in [0.25, 0.3) is 0 Å². The first-order chi connectivity index (χ1) is 14.3. The molecule has 0 fully saturated rings. The molecular weight excluding hydrogens is 384 g/mol. The van der Waals surface area contributed by atoms with Gasteiger partial charge in [0.1, 0.15) is 0 Å². The molecule has 154 valence electrons. The van der Waals surface area contributed by atoms with Crippen molar-refractivity contribution in [2.75, 3.05) is 33.5 Å². The van der Waals surface area contributed by atoms with Crippen LogP contribution in [0.25, 0.3) is 0 Å². The molecule has 0 unspecified atom stereocenters. The highest BCUT2D eigenvalue weighted by Crippen LogP contribution is 2.30. The average molecular weight is 406 g/mol. The lowest BCUT2D eigenvalue weighted by molar-refractivity contribution is -0.118. The Morgan fingerprint density at radius 3 is 1.53 bits per heavy atom. The predicted octanol–water partition coefficient (Wildman–Crippen LogP) is 2.08. The van der Waals surface area contributed by atoms with Gasteiger partial charge in [-0.3, -0.25) is 19.2 Å². The predicted molar refractivity (Wildman–Crippen MR) is 114 cm³/mol. The van der Waals surface area contributed by atoms with E-state index in [2.05, 4.69) is 10.6 Å². The van der Waals surface area contributed by atoms with Crippen molar-refractivity contribution < 1.29 is 19.2 Å². The topological polar surface area (TPSA) is 98.8 Å². The van der Waals surface area contributed by atoms with Gasteiger partial charge in [-0.1, -0.05) is 0 Å². The van der Waals surface area contributed by atoms with Gasteiger partial charge in [-0.25, -0.2) is 0 Å². The maximum atomic E-state index is 12.3. The van der Waals surface area contributed by atoms with Crippen LogP contribution in [0.5, 0.6) is 0 Å². The first-order valence-corrected chi connectivity index (χ1v) is 9.73. The monoisotopic (exact) mass is 406 g/mol. The molecule has 0 radical (unpaired) electrons. The molecule has 0 saturated heterocycles. The second-order valence-corrected chi connectivity index (χ2v) is 7.47. The molecule has 2 aliphatic heterocycles. The maximum Gasteiger partial charge on any atom is 0.228 e. The van der Waals surface area contributed by atoms with Crippen LogP contribution < -0.4 is 20.4 Å². The van der Waals surface area contributed by atoms with Crippen molar-refractivity contribution in [2.24, 2.45) is 0 Å². The molecule has 4 amide bonds. The number of nitrogens with one attached hydrogen (secondary N) is 2. The standard InChI is InChI=1S/C22H22N4O4/c1-13(27)25(17-3-5-19-15(9-17)11-21(29)23-19)7-8-26(14(2)28)18-4-6-20-16(10-18)12-22(30)24-20/h3-6,9-10H,7-8,11-12H2,1-2H3,(H,23,29)(H,24,30). The summed E-state index contributed by atoms with van der Waals surface area (Å²) in [5, 5.41) is 5.56. The van der Waals surface area contributed by atoms with E-state index in [4.69, 9.17) is 0 Å². The van der Waals surface area contributed by atoms with Crippen LogP contribution in [0.3, 0.4) is 0 Å². The summed E-state index contributed by atoms with van der Waals surface area (Å²) >= 11 is 0. The minimum Gasteiger partial charge on any atom is -0.326 e. The minimum atomic E-state index is -0.153.